The first kappa shape index (κ1) is 9.46. The molecular formula is C11H14N2S. The zero-order valence-electron chi connectivity index (χ0n) is 8.53. The van der Waals surface area contributed by atoms with Crippen LogP contribution in [0.15, 0.2) is 23.6 Å². The normalized spacial score (nSPS) is 10.7. The monoisotopic (exact) mass is 206 g/mol. The molecule has 0 N–H and O–H groups in total. The van der Waals surface area contributed by atoms with E-state index in [1.807, 2.05) is 11.7 Å². The minimum absolute atomic E-state index is 1.07. The molecule has 0 radical (unpaired) electrons. The van der Waals surface area contributed by atoms with Crippen LogP contribution in [0.1, 0.15) is 19.0 Å². The van der Waals surface area contributed by atoms with Gasteiger partial charge in [0.05, 0.1) is 16.3 Å². The van der Waals surface area contributed by atoms with Gasteiger partial charge in [0.1, 0.15) is 0 Å². The molecule has 0 saturated heterocycles. The Labute approximate surface area is 88.2 Å². The summed E-state index contributed by atoms with van der Waals surface area (Å²) in [6.07, 6.45) is 2.22. The van der Waals surface area contributed by atoms with Crippen LogP contribution in [-0.2, 0) is 13.5 Å². The molecule has 0 spiro atoms. The summed E-state index contributed by atoms with van der Waals surface area (Å²) in [6.45, 7) is 2.18. The molecule has 2 nitrogen and oxygen atoms in total. The van der Waals surface area contributed by atoms with E-state index in [1.54, 1.807) is 11.3 Å². The Morgan fingerprint density at radius 1 is 1.50 bits per heavy atom. The van der Waals surface area contributed by atoms with E-state index in [0.29, 0.717) is 0 Å². The molecule has 2 aromatic heterocycles. The fourth-order valence-electron chi connectivity index (χ4n) is 1.56. The Morgan fingerprint density at radius 2 is 2.36 bits per heavy atom. The molecule has 0 bridgehead atoms. The quantitative estimate of drug-likeness (QED) is 0.754. The van der Waals surface area contributed by atoms with Gasteiger partial charge in [0, 0.05) is 7.05 Å². The number of aryl methyl sites for hydroxylation is 2. The number of hydrogen-bond acceptors (Lipinski definition) is 2. The maximum atomic E-state index is 4.48. The minimum Gasteiger partial charge on any atom is -0.267 e. The van der Waals surface area contributed by atoms with Crippen molar-refractivity contribution in [1.29, 1.82) is 0 Å². The van der Waals surface area contributed by atoms with Crippen molar-refractivity contribution in [3.8, 4) is 10.6 Å². The van der Waals surface area contributed by atoms with Crippen molar-refractivity contribution in [2.24, 2.45) is 7.05 Å². The molecule has 0 saturated carbocycles. The second-order valence-electron chi connectivity index (χ2n) is 3.37. The first-order valence-corrected chi connectivity index (χ1v) is 5.76. The topological polar surface area (TPSA) is 17.8 Å². The van der Waals surface area contributed by atoms with Crippen LogP contribution in [0.3, 0.4) is 0 Å². The lowest BCUT2D eigenvalue weighted by Gasteiger charge is -1.95. The van der Waals surface area contributed by atoms with Gasteiger partial charge in [0.15, 0.2) is 0 Å². The molecule has 0 aliphatic carbocycles. The second kappa shape index (κ2) is 3.96. The Kier molecular flexibility index (Phi) is 2.68. The van der Waals surface area contributed by atoms with Crippen molar-refractivity contribution in [2.45, 2.75) is 19.8 Å². The van der Waals surface area contributed by atoms with Gasteiger partial charge in [-0.15, -0.1) is 11.3 Å². The Bertz CT molecular complexity index is 401. The van der Waals surface area contributed by atoms with Gasteiger partial charge in [-0.1, -0.05) is 19.4 Å². The first-order valence-electron chi connectivity index (χ1n) is 4.88. The van der Waals surface area contributed by atoms with Gasteiger partial charge in [0.2, 0.25) is 0 Å². The summed E-state index contributed by atoms with van der Waals surface area (Å²) in [5.74, 6) is 0. The molecule has 14 heavy (non-hydrogen) atoms. The van der Waals surface area contributed by atoms with Crippen LogP contribution in [0.25, 0.3) is 10.6 Å². The van der Waals surface area contributed by atoms with E-state index >= 15 is 0 Å². The van der Waals surface area contributed by atoms with Crippen LogP contribution in [0.2, 0.25) is 0 Å². The Hall–Kier alpha value is -1.09. The maximum Gasteiger partial charge on any atom is 0.0781 e. The smallest absolute Gasteiger partial charge is 0.0781 e. The Balaban J connectivity index is 2.35. The molecule has 74 valence electrons. The van der Waals surface area contributed by atoms with Crippen LogP contribution < -0.4 is 0 Å². The average molecular weight is 206 g/mol. The third-order valence-corrected chi connectivity index (χ3v) is 3.10. The summed E-state index contributed by atoms with van der Waals surface area (Å²) in [7, 11) is 2.01. The SMILES string of the molecule is CCCc1cc(-c2cccs2)n(C)n1. The lowest BCUT2D eigenvalue weighted by Crippen LogP contribution is -1.93. The Morgan fingerprint density at radius 3 is 3.00 bits per heavy atom. The van der Waals surface area contributed by atoms with Gasteiger partial charge in [-0.3, -0.25) is 4.68 Å². The molecule has 0 amide bonds. The molecule has 0 aromatic carbocycles. The minimum atomic E-state index is 1.07. The number of thiophene rings is 1. The van der Waals surface area contributed by atoms with E-state index in [0.717, 1.165) is 12.8 Å². The van der Waals surface area contributed by atoms with Crippen molar-refractivity contribution in [3.63, 3.8) is 0 Å². The first-order chi connectivity index (χ1) is 6.81. The molecule has 3 heteroatoms. The summed E-state index contributed by atoms with van der Waals surface area (Å²) in [5.41, 5.74) is 2.42. The molecule has 0 aliphatic rings. The molecule has 2 aromatic rings. The molecule has 2 heterocycles. The summed E-state index contributed by atoms with van der Waals surface area (Å²) >= 11 is 1.76. The lowest BCUT2D eigenvalue weighted by molar-refractivity contribution is 0.740. The highest BCUT2D eigenvalue weighted by Crippen LogP contribution is 2.24. The maximum absolute atomic E-state index is 4.48. The highest BCUT2D eigenvalue weighted by Gasteiger charge is 2.06. The van der Waals surface area contributed by atoms with Crippen LogP contribution in [0.5, 0.6) is 0 Å². The third-order valence-electron chi connectivity index (χ3n) is 2.21. The molecule has 2 rings (SSSR count). The predicted octanol–water partition coefficient (Wildman–Crippen LogP) is 3.10. The van der Waals surface area contributed by atoms with E-state index in [9.17, 15) is 0 Å². The number of rotatable bonds is 3. The van der Waals surface area contributed by atoms with Crippen LogP contribution in [0.4, 0.5) is 0 Å². The van der Waals surface area contributed by atoms with Gasteiger partial charge in [-0.25, -0.2) is 0 Å². The fourth-order valence-corrected chi connectivity index (χ4v) is 2.33. The third kappa shape index (κ3) is 1.73. The standard InChI is InChI=1S/C11H14N2S/c1-3-5-9-8-10(13(2)12-9)11-6-4-7-14-11/h4,6-8H,3,5H2,1-2H3. The van der Waals surface area contributed by atoms with Crippen molar-refractivity contribution in [2.75, 3.05) is 0 Å². The summed E-state index contributed by atoms with van der Waals surface area (Å²) in [4.78, 5) is 1.29. The highest BCUT2D eigenvalue weighted by atomic mass is 32.1. The van der Waals surface area contributed by atoms with Crippen molar-refractivity contribution in [1.82, 2.24) is 9.78 Å². The van der Waals surface area contributed by atoms with Crippen LogP contribution in [-0.4, -0.2) is 9.78 Å². The van der Waals surface area contributed by atoms with E-state index < -0.39 is 0 Å². The van der Waals surface area contributed by atoms with E-state index in [4.69, 9.17) is 0 Å². The molecule has 0 aliphatic heterocycles. The zero-order valence-corrected chi connectivity index (χ0v) is 9.34. The van der Waals surface area contributed by atoms with Gasteiger partial charge >= 0.3 is 0 Å². The summed E-state index contributed by atoms with van der Waals surface area (Å²) in [6, 6.07) is 6.40. The van der Waals surface area contributed by atoms with Gasteiger partial charge in [0.25, 0.3) is 0 Å². The lowest BCUT2D eigenvalue weighted by atomic mass is 10.2. The highest BCUT2D eigenvalue weighted by molar-refractivity contribution is 7.13. The predicted molar refractivity (Wildman–Crippen MR) is 60.5 cm³/mol. The largest absolute Gasteiger partial charge is 0.267 e. The van der Waals surface area contributed by atoms with Gasteiger partial charge < -0.3 is 0 Å². The van der Waals surface area contributed by atoms with E-state index in [2.05, 4.69) is 35.6 Å². The second-order valence-corrected chi connectivity index (χ2v) is 4.32. The van der Waals surface area contributed by atoms with Crippen molar-refractivity contribution >= 4 is 11.3 Å². The van der Waals surface area contributed by atoms with Crippen molar-refractivity contribution in [3.05, 3.63) is 29.3 Å². The van der Waals surface area contributed by atoms with Crippen LogP contribution >= 0.6 is 11.3 Å². The van der Waals surface area contributed by atoms with Gasteiger partial charge in [-0.05, 0) is 23.9 Å². The van der Waals surface area contributed by atoms with E-state index in [1.165, 1.54) is 16.3 Å². The number of hydrogen-bond donors (Lipinski definition) is 0. The van der Waals surface area contributed by atoms with Crippen LogP contribution in [0, 0.1) is 0 Å². The van der Waals surface area contributed by atoms with Gasteiger partial charge in [-0.2, -0.15) is 5.10 Å². The van der Waals surface area contributed by atoms with Crippen molar-refractivity contribution < 1.29 is 0 Å². The fraction of sp³-hybridized carbons (Fsp3) is 0.364. The summed E-state index contributed by atoms with van der Waals surface area (Å²) in [5, 5.41) is 6.58. The summed E-state index contributed by atoms with van der Waals surface area (Å²) < 4.78 is 1.97. The molecule has 0 unspecified atom stereocenters. The molecule has 0 atom stereocenters. The zero-order chi connectivity index (χ0) is 9.97. The average Bonchev–Trinajstić information content (AvgIpc) is 2.74. The molecule has 0 fully saturated rings. The van der Waals surface area contributed by atoms with E-state index in [-0.39, 0.29) is 0 Å². The molecular weight excluding hydrogens is 192 g/mol. The number of aromatic nitrogens is 2. The number of nitrogens with zero attached hydrogens (tertiary/aromatic N) is 2.